The summed E-state index contributed by atoms with van der Waals surface area (Å²) in [6.07, 6.45) is 7.90. The third-order valence-electron chi connectivity index (χ3n) is 3.87. The maximum Gasteiger partial charge on any atom is 0.0755 e. The minimum Gasteiger partial charge on any atom is -0.389 e. The summed E-state index contributed by atoms with van der Waals surface area (Å²) in [5.74, 6) is 0.492. The van der Waals surface area contributed by atoms with Gasteiger partial charge in [-0.1, -0.05) is 32.9 Å². The Labute approximate surface area is 93.9 Å². The molecule has 0 spiro atoms. The minimum atomic E-state index is -0.266. The predicted molar refractivity (Wildman–Crippen MR) is 65.7 cm³/mol. The zero-order valence-corrected chi connectivity index (χ0v) is 10.3. The fraction of sp³-hybridized carbons (Fsp3) is 0.714. The molecule has 0 bridgehead atoms. The van der Waals surface area contributed by atoms with Gasteiger partial charge in [-0.2, -0.15) is 0 Å². The lowest BCUT2D eigenvalue weighted by Gasteiger charge is -2.38. The molecule has 2 unspecified atom stereocenters. The molecule has 1 aliphatic carbocycles. The van der Waals surface area contributed by atoms with Crippen molar-refractivity contribution >= 4 is 0 Å². The highest BCUT2D eigenvalue weighted by Gasteiger charge is 2.33. The summed E-state index contributed by atoms with van der Waals surface area (Å²) in [6.45, 7) is 10.5. The first-order valence-electron chi connectivity index (χ1n) is 5.98. The molecule has 0 saturated carbocycles. The fourth-order valence-electron chi connectivity index (χ4n) is 2.32. The van der Waals surface area contributed by atoms with Crippen LogP contribution in [-0.2, 0) is 0 Å². The third kappa shape index (κ3) is 2.94. The van der Waals surface area contributed by atoms with Crippen LogP contribution in [0.5, 0.6) is 0 Å². The highest BCUT2D eigenvalue weighted by molar-refractivity contribution is 5.17. The van der Waals surface area contributed by atoms with Crippen molar-refractivity contribution in [3.05, 3.63) is 24.3 Å². The van der Waals surface area contributed by atoms with Crippen LogP contribution in [0.2, 0.25) is 0 Å². The van der Waals surface area contributed by atoms with Gasteiger partial charge in [0.25, 0.3) is 0 Å². The van der Waals surface area contributed by atoms with E-state index in [2.05, 4.69) is 33.4 Å². The van der Waals surface area contributed by atoms with Gasteiger partial charge in [-0.3, -0.25) is 0 Å². The molecule has 0 fully saturated rings. The SMILES string of the molecule is C=CCCC(O)C1=CCCC(C)(C)C1C. The van der Waals surface area contributed by atoms with Crippen LogP contribution in [0.4, 0.5) is 0 Å². The van der Waals surface area contributed by atoms with Crippen molar-refractivity contribution in [1.29, 1.82) is 0 Å². The summed E-state index contributed by atoms with van der Waals surface area (Å²) in [5.41, 5.74) is 1.58. The van der Waals surface area contributed by atoms with Gasteiger partial charge in [0, 0.05) is 0 Å². The first-order valence-corrected chi connectivity index (χ1v) is 5.98. The van der Waals surface area contributed by atoms with E-state index in [1.807, 2.05) is 6.08 Å². The van der Waals surface area contributed by atoms with E-state index in [1.165, 1.54) is 12.0 Å². The smallest absolute Gasteiger partial charge is 0.0755 e. The van der Waals surface area contributed by atoms with Crippen molar-refractivity contribution in [2.24, 2.45) is 11.3 Å². The second-order valence-electron chi connectivity index (χ2n) is 5.33. The van der Waals surface area contributed by atoms with E-state index >= 15 is 0 Å². The van der Waals surface area contributed by atoms with Gasteiger partial charge in [-0.15, -0.1) is 6.58 Å². The number of allylic oxidation sites excluding steroid dienone is 2. The number of hydrogen-bond acceptors (Lipinski definition) is 1. The van der Waals surface area contributed by atoms with Crippen molar-refractivity contribution < 1.29 is 5.11 Å². The normalized spacial score (nSPS) is 26.9. The highest BCUT2D eigenvalue weighted by Crippen LogP contribution is 2.42. The van der Waals surface area contributed by atoms with Gasteiger partial charge >= 0.3 is 0 Å². The molecule has 0 aliphatic heterocycles. The molecule has 0 amide bonds. The monoisotopic (exact) mass is 208 g/mol. The van der Waals surface area contributed by atoms with E-state index in [-0.39, 0.29) is 6.10 Å². The van der Waals surface area contributed by atoms with Gasteiger partial charge in [0.2, 0.25) is 0 Å². The molecular weight excluding hydrogens is 184 g/mol. The fourth-order valence-corrected chi connectivity index (χ4v) is 2.32. The van der Waals surface area contributed by atoms with E-state index in [0.717, 1.165) is 19.3 Å². The van der Waals surface area contributed by atoms with Crippen LogP contribution in [-0.4, -0.2) is 11.2 Å². The van der Waals surface area contributed by atoms with E-state index in [0.29, 0.717) is 11.3 Å². The van der Waals surface area contributed by atoms with Crippen molar-refractivity contribution in [3.63, 3.8) is 0 Å². The molecular formula is C14H24O. The lowest BCUT2D eigenvalue weighted by Crippen LogP contribution is -2.31. The molecule has 0 aromatic heterocycles. The Hall–Kier alpha value is -0.560. The molecule has 15 heavy (non-hydrogen) atoms. The van der Waals surface area contributed by atoms with Crippen molar-refractivity contribution in [2.45, 2.75) is 52.6 Å². The maximum absolute atomic E-state index is 10.1. The molecule has 1 N–H and O–H groups in total. The zero-order valence-electron chi connectivity index (χ0n) is 10.3. The first kappa shape index (κ1) is 12.5. The molecule has 1 rings (SSSR count). The average Bonchev–Trinajstić information content (AvgIpc) is 2.18. The third-order valence-corrected chi connectivity index (χ3v) is 3.87. The van der Waals surface area contributed by atoms with Gasteiger partial charge in [0.1, 0.15) is 0 Å². The molecule has 0 heterocycles. The molecule has 0 aromatic carbocycles. The van der Waals surface area contributed by atoms with Gasteiger partial charge < -0.3 is 5.11 Å². The van der Waals surface area contributed by atoms with E-state index in [4.69, 9.17) is 0 Å². The summed E-state index contributed by atoms with van der Waals surface area (Å²) in [7, 11) is 0. The summed E-state index contributed by atoms with van der Waals surface area (Å²) < 4.78 is 0. The minimum absolute atomic E-state index is 0.266. The van der Waals surface area contributed by atoms with Crippen molar-refractivity contribution in [2.75, 3.05) is 0 Å². The Morgan fingerprint density at radius 3 is 2.93 bits per heavy atom. The van der Waals surface area contributed by atoms with Crippen LogP contribution in [0.15, 0.2) is 24.3 Å². The summed E-state index contributed by atoms with van der Waals surface area (Å²) in [6, 6.07) is 0. The second-order valence-corrected chi connectivity index (χ2v) is 5.33. The van der Waals surface area contributed by atoms with Gasteiger partial charge in [0.05, 0.1) is 6.10 Å². The number of hydrogen-bond donors (Lipinski definition) is 1. The highest BCUT2D eigenvalue weighted by atomic mass is 16.3. The van der Waals surface area contributed by atoms with E-state index in [1.54, 1.807) is 0 Å². The molecule has 1 heteroatoms. The number of aliphatic hydroxyl groups is 1. The van der Waals surface area contributed by atoms with Crippen molar-refractivity contribution in [1.82, 2.24) is 0 Å². The van der Waals surface area contributed by atoms with Crippen LogP contribution in [0.25, 0.3) is 0 Å². The maximum atomic E-state index is 10.1. The lowest BCUT2D eigenvalue weighted by molar-refractivity contribution is 0.145. The zero-order chi connectivity index (χ0) is 11.5. The number of aliphatic hydroxyl groups excluding tert-OH is 1. The standard InChI is InChI=1S/C14H24O/c1-5-6-9-13(15)12-8-7-10-14(3,4)11(12)2/h5,8,11,13,15H,1,6-7,9-10H2,2-4H3. The quantitative estimate of drug-likeness (QED) is 0.698. The lowest BCUT2D eigenvalue weighted by atomic mass is 9.68. The molecule has 86 valence electrons. The predicted octanol–water partition coefficient (Wildman–Crippen LogP) is 3.70. The molecule has 1 aliphatic rings. The largest absolute Gasteiger partial charge is 0.389 e. The molecule has 2 atom stereocenters. The Kier molecular flexibility index (Phi) is 4.15. The Morgan fingerprint density at radius 1 is 1.67 bits per heavy atom. The van der Waals surface area contributed by atoms with Crippen LogP contribution in [0, 0.1) is 11.3 Å². The van der Waals surface area contributed by atoms with Gasteiger partial charge in [0.15, 0.2) is 0 Å². The van der Waals surface area contributed by atoms with E-state index in [9.17, 15) is 5.11 Å². The topological polar surface area (TPSA) is 20.2 Å². The molecule has 0 saturated heterocycles. The van der Waals surface area contributed by atoms with Crippen molar-refractivity contribution in [3.8, 4) is 0 Å². The van der Waals surface area contributed by atoms with E-state index < -0.39 is 0 Å². The summed E-state index contributed by atoms with van der Waals surface area (Å²) in [4.78, 5) is 0. The van der Waals surface area contributed by atoms with Crippen LogP contribution in [0.3, 0.4) is 0 Å². The molecule has 0 aromatic rings. The Morgan fingerprint density at radius 2 is 2.33 bits per heavy atom. The summed E-state index contributed by atoms with van der Waals surface area (Å²) >= 11 is 0. The molecule has 1 nitrogen and oxygen atoms in total. The second kappa shape index (κ2) is 4.98. The average molecular weight is 208 g/mol. The Bertz CT molecular complexity index is 250. The van der Waals surface area contributed by atoms with Gasteiger partial charge in [-0.05, 0) is 42.6 Å². The Balaban J connectivity index is 2.68. The number of rotatable bonds is 4. The van der Waals surface area contributed by atoms with Crippen LogP contribution >= 0.6 is 0 Å². The van der Waals surface area contributed by atoms with Crippen LogP contribution < -0.4 is 0 Å². The van der Waals surface area contributed by atoms with Gasteiger partial charge in [-0.25, -0.2) is 0 Å². The summed E-state index contributed by atoms with van der Waals surface area (Å²) in [5, 5.41) is 10.1. The van der Waals surface area contributed by atoms with Crippen LogP contribution in [0.1, 0.15) is 46.5 Å². The first-order chi connectivity index (χ1) is 6.99. The molecule has 0 radical (unpaired) electrons.